The Morgan fingerprint density at radius 2 is 2.00 bits per heavy atom. The lowest BCUT2D eigenvalue weighted by molar-refractivity contribution is 0.417. The fourth-order valence-corrected chi connectivity index (χ4v) is 3.28. The topological polar surface area (TPSA) is 12.0 Å². The molecule has 0 bridgehead atoms. The van der Waals surface area contributed by atoms with Gasteiger partial charge >= 0.3 is 0 Å². The molecule has 2 unspecified atom stereocenters. The molecule has 0 fully saturated rings. The van der Waals surface area contributed by atoms with Gasteiger partial charge in [-0.3, -0.25) is 0 Å². The van der Waals surface area contributed by atoms with Gasteiger partial charge in [0.1, 0.15) is 0 Å². The van der Waals surface area contributed by atoms with Crippen molar-refractivity contribution in [2.45, 2.75) is 51.0 Å². The molecule has 0 heterocycles. The molecular formula is C16H26ClNS. The summed E-state index contributed by atoms with van der Waals surface area (Å²) in [7, 11) is 0. The molecule has 1 rings (SSSR count). The summed E-state index contributed by atoms with van der Waals surface area (Å²) < 4.78 is 0. The van der Waals surface area contributed by atoms with Crippen LogP contribution in [0.1, 0.15) is 40.0 Å². The van der Waals surface area contributed by atoms with Gasteiger partial charge in [0.2, 0.25) is 0 Å². The van der Waals surface area contributed by atoms with Crippen molar-refractivity contribution in [3.63, 3.8) is 0 Å². The van der Waals surface area contributed by atoms with E-state index in [9.17, 15) is 0 Å². The molecule has 108 valence electrons. The summed E-state index contributed by atoms with van der Waals surface area (Å²) in [6.07, 6.45) is 3.68. The van der Waals surface area contributed by atoms with Crippen molar-refractivity contribution >= 4 is 23.4 Å². The largest absolute Gasteiger partial charge is 0.313 e. The first-order chi connectivity index (χ1) is 9.17. The molecule has 0 saturated carbocycles. The zero-order valence-electron chi connectivity index (χ0n) is 12.3. The predicted molar refractivity (Wildman–Crippen MR) is 88.3 cm³/mol. The smallest absolute Gasteiger partial charge is 0.0541 e. The number of thioether (sulfide) groups is 1. The van der Waals surface area contributed by atoms with E-state index < -0.39 is 0 Å². The second-order valence-corrected chi connectivity index (χ2v) is 6.61. The molecular weight excluding hydrogens is 274 g/mol. The molecule has 19 heavy (non-hydrogen) atoms. The fourth-order valence-electron chi connectivity index (χ4n) is 1.96. The van der Waals surface area contributed by atoms with E-state index in [4.69, 9.17) is 11.6 Å². The molecule has 0 aliphatic carbocycles. The first-order valence-corrected chi connectivity index (χ1v) is 8.64. The minimum Gasteiger partial charge on any atom is -0.313 e. The van der Waals surface area contributed by atoms with Crippen molar-refractivity contribution in [3.8, 4) is 0 Å². The van der Waals surface area contributed by atoms with Crippen LogP contribution in [0.3, 0.4) is 0 Å². The van der Waals surface area contributed by atoms with Gasteiger partial charge in [-0.1, -0.05) is 50.9 Å². The van der Waals surface area contributed by atoms with E-state index in [0.717, 1.165) is 23.2 Å². The molecule has 0 aliphatic rings. The van der Waals surface area contributed by atoms with E-state index >= 15 is 0 Å². The zero-order chi connectivity index (χ0) is 14.1. The summed E-state index contributed by atoms with van der Waals surface area (Å²) in [5.41, 5.74) is 0. The number of hydrogen-bond acceptors (Lipinski definition) is 2. The van der Waals surface area contributed by atoms with Gasteiger partial charge in [-0.25, -0.2) is 0 Å². The second kappa shape index (κ2) is 9.68. The van der Waals surface area contributed by atoms with Gasteiger partial charge in [0.25, 0.3) is 0 Å². The monoisotopic (exact) mass is 299 g/mol. The molecule has 1 nitrogen and oxygen atoms in total. The Morgan fingerprint density at radius 1 is 1.26 bits per heavy atom. The first kappa shape index (κ1) is 16.9. The highest BCUT2D eigenvalue weighted by Crippen LogP contribution is 2.28. The summed E-state index contributed by atoms with van der Waals surface area (Å²) in [5, 5.41) is 4.53. The average molecular weight is 300 g/mol. The van der Waals surface area contributed by atoms with Crippen LogP contribution in [-0.4, -0.2) is 18.3 Å². The van der Waals surface area contributed by atoms with E-state index in [2.05, 4.69) is 38.2 Å². The molecule has 1 N–H and O–H groups in total. The van der Waals surface area contributed by atoms with Crippen molar-refractivity contribution in [3.05, 3.63) is 29.3 Å². The molecule has 1 aromatic carbocycles. The Bertz CT molecular complexity index is 356. The van der Waals surface area contributed by atoms with E-state index in [1.807, 2.05) is 23.9 Å². The third kappa shape index (κ3) is 6.69. The first-order valence-electron chi connectivity index (χ1n) is 7.28. The Morgan fingerprint density at radius 3 is 2.63 bits per heavy atom. The Balaban J connectivity index is 2.49. The van der Waals surface area contributed by atoms with Crippen molar-refractivity contribution in [1.82, 2.24) is 5.32 Å². The van der Waals surface area contributed by atoms with Crippen LogP contribution in [0.15, 0.2) is 29.2 Å². The van der Waals surface area contributed by atoms with Crippen LogP contribution >= 0.6 is 23.4 Å². The Hall–Kier alpha value is -0.180. The van der Waals surface area contributed by atoms with Gasteiger partial charge in [-0.15, -0.1) is 11.8 Å². The Kier molecular flexibility index (Phi) is 8.60. The minimum absolute atomic E-state index is 0.580. The maximum Gasteiger partial charge on any atom is 0.0541 e. The molecule has 0 radical (unpaired) electrons. The van der Waals surface area contributed by atoms with Crippen LogP contribution in [0.5, 0.6) is 0 Å². The lowest BCUT2D eigenvalue weighted by Crippen LogP contribution is -2.33. The van der Waals surface area contributed by atoms with Crippen LogP contribution in [0.25, 0.3) is 0 Å². The number of rotatable bonds is 9. The molecule has 0 spiro atoms. The van der Waals surface area contributed by atoms with Crippen LogP contribution in [0.4, 0.5) is 0 Å². The average Bonchev–Trinajstić information content (AvgIpc) is 2.43. The normalized spacial score (nSPS) is 14.3. The molecule has 2 atom stereocenters. The van der Waals surface area contributed by atoms with Crippen LogP contribution in [0.2, 0.25) is 5.02 Å². The lowest BCUT2D eigenvalue weighted by atomic mass is 10.0. The molecule has 0 amide bonds. The molecule has 0 aliphatic heterocycles. The maximum absolute atomic E-state index is 6.20. The van der Waals surface area contributed by atoms with Gasteiger partial charge in [-0.2, -0.15) is 0 Å². The van der Waals surface area contributed by atoms with Crippen molar-refractivity contribution in [2.75, 3.05) is 12.3 Å². The zero-order valence-corrected chi connectivity index (χ0v) is 13.9. The fraction of sp³-hybridized carbons (Fsp3) is 0.625. The summed E-state index contributed by atoms with van der Waals surface area (Å²) in [6, 6.07) is 8.69. The van der Waals surface area contributed by atoms with E-state index in [1.54, 1.807) is 0 Å². The lowest BCUT2D eigenvalue weighted by Gasteiger charge is -2.21. The van der Waals surface area contributed by atoms with Crippen LogP contribution in [-0.2, 0) is 0 Å². The van der Waals surface area contributed by atoms with Crippen LogP contribution < -0.4 is 5.32 Å². The van der Waals surface area contributed by atoms with Gasteiger partial charge < -0.3 is 5.32 Å². The number of halogens is 1. The van der Waals surface area contributed by atoms with Gasteiger partial charge in [0.15, 0.2) is 0 Å². The highest BCUT2D eigenvalue weighted by molar-refractivity contribution is 7.99. The summed E-state index contributed by atoms with van der Waals surface area (Å²) in [5.74, 6) is 1.87. The molecule has 1 aromatic rings. The van der Waals surface area contributed by atoms with Gasteiger partial charge in [0.05, 0.1) is 5.02 Å². The number of benzene rings is 1. The van der Waals surface area contributed by atoms with Crippen molar-refractivity contribution in [2.24, 2.45) is 5.92 Å². The standard InChI is InChI=1S/C16H26ClNS/c1-4-10-18-14(11-13(3)5-2)12-19-16-9-7-6-8-15(16)17/h6-9,13-14,18H,4-5,10-12H2,1-3H3. The third-order valence-corrected chi connectivity index (χ3v) is 5.02. The van der Waals surface area contributed by atoms with Crippen molar-refractivity contribution in [1.29, 1.82) is 0 Å². The summed E-state index contributed by atoms with van der Waals surface area (Å²) in [4.78, 5) is 1.19. The van der Waals surface area contributed by atoms with Crippen molar-refractivity contribution < 1.29 is 0 Å². The SMILES string of the molecule is CCCNC(CSc1ccccc1Cl)CC(C)CC. The van der Waals surface area contributed by atoms with E-state index in [1.165, 1.54) is 24.2 Å². The van der Waals surface area contributed by atoms with Gasteiger partial charge in [-0.05, 0) is 37.4 Å². The highest BCUT2D eigenvalue weighted by Gasteiger charge is 2.12. The number of hydrogen-bond donors (Lipinski definition) is 1. The molecule has 0 saturated heterocycles. The summed E-state index contributed by atoms with van der Waals surface area (Å²) >= 11 is 8.07. The highest BCUT2D eigenvalue weighted by atomic mass is 35.5. The molecule has 0 aromatic heterocycles. The molecule has 3 heteroatoms. The van der Waals surface area contributed by atoms with E-state index in [-0.39, 0.29) is 0 Å². The predicted octanol–water partition coefficient (Wildman–Crippen LogP) is 5.24. The van der Waals surface area contributed by atoms with E-state index in [0.29, 0.717) is 6.04 Å². The summed E-state index contributed by atoms with van der Waals surface area (Å²) in [6.45, 7) is 7.92. The quantitative estimate of drug-likeness (QED) is 0.626. The van der Waals surface area contributed by atoms with Crippen LogP contribution in [0, 0.1) is 5.92 Å². The number of nitrogens with one attached hydrogen (secondary N) is 1. The minimum atomic E-state index is 0.580. The Labute approximate surface area is 127 Å². The third-order valence-electron chi connectivity index (χ3n) is 3.34. The second-order valence-electron chi connectivity index (χ2n) is 5.14. The van der Waals surface area contributed by atoms with Gasteiger partial charge in [0, 0.05) is 16.7 Å². The maximum atomic E-state index is 6.20.